The van der Waals surface area contributed by atoms with E-state index < -0.39 is 0 Å². The number of halogens is 4. The smallest absolute Gasteiger partial charge is 0.137 e. The molecule has 0 fully saturated rings. The van der Waals surface area contributed by atoms with Crippen LogP contribution in [-0.4, -0.2) is 0 Å². The van der Waals surface area contributed by atoms with Crippen molar-refractivity contribution in [2.75, 3.05) is 0 Å². The summed E-state index contributed by atoms with van der Waals surface area (Å²) in [5.74, 6) is -0.193. The van der Waals surface area contributed by atoms with Crippen molar-refractivity contribution >= 4 is 27.5 Å². The third kappa shape index (κ3) is 8.33. The molecule has 2 rings (SSSR count). The van der Waals surface area contributed by atoms with E-state index in [1.165, 1.54) is 12.1 Å². The standard InChI is InChI=1S/C10H12BrF.C9H10ClF.C2H6/c1-10(2,3)7-4-5-9(12)8(11)6-7;1-6(2)8-5-7(10)3-4-9(8)11;1-2/h4-6H,1-3H3;3-6H,1-2H3;1-2H3. The zero-order valence-electron chi connectivity index (χ0n) is 16.1. The van der Waals surface area contributed by atoms with Gasteiger partial charge in [0.15, 0.2) is 0 Å². The van der Waals surface area contributed by atoms with Crippen LogP contribution in [0.3, 0.4) is 0 Å². The molecule has 0 unspecified atom stereocenters. The van der Waals surface area contributed by atoms with Crippen LogP contribution in [-0.2, 0) is 5.41 Å². The van der Waals surface area contributed by atoms with Gasteiger partial charge in [0.05, 0.1) is 4.47 Å². The summed E-state index contributed by atoms with van der Waals surface area (Å²) in [4.78, 5) is 0. The molecule has 0 aliphatic carbocycles. The van der Waals surface area contributed by atoms with Gasteiger partial charge in [-0.1, -0.05) is 66.1 Å². The van der Waals surface area contributed by atoms with Crippen LogP contribution in [0.25, 0.3) is 0 Å². The molecule has 2 aromatic rings. The lowest BCUT2D eigenvalue weighted by molar-refractivity contribution is 0.580. The van der Waals surface area contributed by atoms with Crippen LogP contribution >= 0.6 is 27.5 Å². The summed E-state index contributed by atoms with van der Waals surface area (Å²) in [6.45, 7) is 14.2. The maximum Gasteiger partial charge on any atom is 0.137 e. The predicted molar refractivity (Wildman–Crippen MR) is 110 cm³/mol. The van der Waals surface area contributed by atoms with E-state index in [0.717, 1.165) is 5.56 Å². The van der Waals surface area contributed by atoms with Crippen LogP contribution in [0, 0.1) is 11.6 Å². The first kappa shape index (κ1) is 24.1. The van der Waals surface area contributed by atoms with Gasteiger partial charge in [0.2, 0.25) is 0 Å². The highest BCUT2D eigenvalue weighted by Gasteiger charge is 2.14. The second-order valence-electron chi connectivity index (χ2n) is 6.70. The summed E-state index contributed by atoms with van der Waals surface area (Å²) in [7, 11) is 0. The minimum atomic E-state index is -0.206. The third-order valence-electron chi connectivity index (χ3n) is 3.37. The molecule has 0 aliphatic rings. The second kappa shape index (κ2) is 10.9. The Labute approximate surface area is 164 Å². The van der Waals surface area contributed by atoms with E-state index in [9.17, 15) is 8.78 Å². The van der Waals surface area contributed by atoms with Gasteiger partial charge in [-0.25, -0.2) is 8.78 Å². The minimum Gasteiger partial charge on any atom is -0.207 e. The monoisotopic (exact) mass is 432 g/mol. The third-order valence-corrected chi connectivity index (χ3v) is 4.21. The Hall–Kier alpha value is -0.930. The van der Waals surface area contributed by atoms with Gasteiger partial charge in [-0.05, 0) is 68.7 Å². The topological polar surface area (TPSA) is 0 Å². The van der Waals surface area contributed by atoms with Crippen LogP contribution in [0.1, 0.15) is 65.5 Å². The maximum absolute atomic E-state index is 13.0. The molecule has 2 aromatic carbocycles. The fourth-order valence-corrected chi connectivity index (χ4v) is 2.48. The van der Waals surface area contributed by atoms with E-state index in [1.807, 2.05) is 39.8 Å². The number of hydrogen-bond acceptors (Lipinski definition) is 0. The molecule has 0 nitrogen and oxygen atoms in total. The van der Waals surface area contributed by atoms with Crippen molar-refractivity contribution in [3.8, 4) is 0 Å². The Kier molecular flexibility index (Phi) is 10.5. The van der Waals surface area contributed by atoms with Crippen LogP contribution in [0.5, 0.6) is 0 Å². The molecule has 0 aliphatic heterocycles. The van der Waals surface area contributed by atoms with Crippen molar-refractivity contribution < 1.29 is 8.78 Å². The molecule has 0 saturated heterocycles. The average Bonchev–Trinajstić information content (AvgIpc) is 2.53. The molecule has 140 valence electrons. The number of rotatable bonds is 1. The van der Waals surface area contributed by atoms with Crippen LogP contribution < -0.4 is 0 Å². The zero-order chi connectivity index (χ0) is 19.8. The van der Waals surface area contributed by atoms with Gasteiger partial charge in [0.1, 0.15) is 11.6 Å². The van der Waals surface area contributed by atoms with Gasteiger partial charge in [-0.2, -0.15) is 0 Å². The Balaban J connectivity index is 0.000000421. The molecule has 4 heteroatoms. The quantitative estimate of drug-likeness (QED) is 0.423. The number of benzene rings is 2. The summed E-state index contributed by atoms with van der Waals surface area (Å²) in [6, 6.07) is 9.77. The predicted octanol–water partition coefficient (Wildman–Crippen LogP) is 8.51. The molecule has 0 saturated carbocycles. The molecular formula is C21H28BrClF2. The largest absolute Gasteiger partial charge is 0.207 e. The van der Waals surface area contributed by atoms with E-state index in [2.05, 4.69) is 36.7 Å². The fraction of sp³-hybridized carbons (Fsp3) is 0.429. The molecule has 0 aromatic heterocycles. The van der Waals surface area contributed by atoms with Gasteiger partial charge in [0, 0.05) is 5.02 Å². The summed E-state index contributed by atoms with van der Waals surface area (Å²) in [6.07, 6.45) is 0. The zero-order valence-corrected chi connectivity index (χ0v) is 18.4. The lowest BCUT2D eigenvalue weighted by Gasteiger charge is -2.19. The summed E-state index contributed by atoms with van der Waals surface area (Å²) >= 11 is 8.86. The molecule has 0 bridgehead atoms. The molecule has 0 heterocycles. The van der Waals surface area contributed by atoms with E-state index >= 15 is 0 Å². The first-order chi connectivity index (χ1) is 11.5. The van der Waals surface area contributed by atoms with Crippen LogP contribution in [0.2, 0.25) is 5.02 Å². The van der Waals surface area contributed by atoms with Gasteiger partial charge >= 0.3 is 0 Å². The molecular weight excluding hydrogens is 406 g/mol. The van der Waals surface area contributed by atoms with Crippen molar-refractivity contribution in [3.05, 3.63) is 68.7 Å². The Bertz CT molecular complexity index is 661. The van der Waals surface area contributed by atoms with E-state index in [1.54, 1.807) is 12.1 Å². The average molecular weight is 434 g/mol. The van der Waals surface area contributed by atoms with Gasteiger partial charge < -0.3 is 0 Å². The van der Waals surface area contributed by atoms with Crippen molar-refractivity contribution in [2.45, 2.75) is 59.8 Å². The molecule has 0 radical (unpaired) electrons. The Morgan fingerprint density at radius 2 is 1.44 bits per heavy atom. The van der Waals surface area contributed by atoms with Gasteiger partial charge in [-0.3, -0.25) is 0 Å². The summed E-state index contributed by atoms with van der Waals surface area (Å²) < 4.78 is 26.3. The van der Waals surface area contributed by atoms with E-state index in [-0.39, 0.29) is 23.0 Å². The molecule has 25 heavy (non-hydrogen) atoms. The van der Waals surface area contributed by atoms with Crippen molar-refractivity contribution in [2.24, 2.45) is 0 Å². The van der Waals surface area contributed by atoms with Gasteiger partial charge in [-0.15, -0.1) is 0 Å². The summed E-state index contributed by atoms with van der Waals surface area (Å²) in [5, 5.41) is 0.593. The fourth-order valence-electron chi connectivity index (χ4n) is 1.92. The maximum atomic E-state index is 13.0. The van der Waals surface area contributed by atoms with Crippen LogP contribution in [0.4, 0.5) is 8.78 Å². The first-order valence-corrected chi connectivity index (χ1v) is 9.60. The SMILES string of the molecule is CC.CC(C)(C)c1ccc(F)c(Br)c1.CC(C)c1cc(Cl)ccc1F. The molecule has 0 spiro atoms. The minimum absolute atomic E-state index is 0.0796. The normalized spacial score (nSPS) is 10.6. The summed E-state index contributed by atoms with van der Waals surface area (Å²) in [5.41, 5.74) is 1.89. The molecule has 0 N–H and O–H groups in total. The Morgan fingerprint density at radius 3 is 1.84 bits per heavy atom. The lowest BCUT2D eigenvalue weighted by Crippen LogP contribution is -2.10. The number of hydrogen-bond donors (Lipinski definition) is 0. The van der Waals surface area contributed by atoms with E-state index in [0.29, 0.717) is 15.1 Å². The molecule has 0 atom stereocenters. The first-order valence-electron chi connectivity index (χ1n) is 8.43. The Morgan fingerprint density at radius 1 is 0.920 bits per heavy atom. The lowest BCUT2D eigenvalue weighted by atomic mass is 9.87. The van der Waals surface area contributed by atoms with Crippen LogP contribution in [0.15, 0.2) is 40.9 Å². The highest BCUT2D eigenvalue weighted by Crippen LogP contribution is 2.26. The van der Waals surface area contributed by atoms with Gasteiger partial charge in [0.25, 0.3) is 0 Å². The molecule has 0 amide bonds. The van der Waals surface area contributed by atoms with E-state index in [4.69, 9.17) is 11.6 Å². The highest BCUT2D eigenvalue weighted by atomic mass is 79.9. The van der Waals surface area contributed by atoms with Crippen molar-refractivity contribution in [1.29, 1.82) is 0 Å². The van der Waals surface area contributed by atoms with Crippen molar-refractivity contribution in [3.63, 3.8) is 0 Å². The van der Waals surface area contributed by atoms with Crippen molar-refractivity contribution in [1.82, 2.24) is 0 Å². The second-order valence-corrected chi connectivity index (χ2v) is 7.99. The highest BCUT2D eigenvalue weighted by molar-refractivity contribution is 9.10.